The highest BCUT2D eigenvalue weighted by atomic mass is 16.5. The molecule has 0 aliphatic carbocycles. The van der Waals surface area contributed by atoms with Gasteiger partial charge in [-0.2, -0.15) is 0 Å². The van der Waals surface area contributed by atoms with Gasteiger partial charge in [0.25, 0.3) is 5.91 Å². The number of carbonyl (C=O) groups excluding carboxylic acids is 2. The van der Waals surface area contributed by atoms with E-state index in [1.807, 2.05) is 47.2 Å². The summed E-state index contributed by atoms with van der Waals surface area (Å²) in [6, 6.07) is 20.6. The molecule has 1 aromatic heterocycles. The third-order valence-corrected chi connectivity index (χ3v) is 4.33. The van der Waals surface area contributed by atoms with E-state index < -0.39 is 0 Å². The van der Waals surface area contributed by atoms with Crippen LogP contribution in [-0.4, -0.2) is 42.0 Å². The fourth-order valence-electron chi connectivity index (χ4n) is 2.91. The Morgan fingerprint density at radius 2 is 1.82 bits per heavy atom. The summed E-state index contributed by atoms with van der Waals surface area (Å²) in [6.45, 7) is 0.547. The van der Waals surface area contributed by atoms with E-state index in [0.29, 0.717) is 23.7 Å². The van der Waals surface area contributed by atoms with Crippen LogP contribution >= 0.6 is 0 Å². The van der Waals surface area contributed by atoms with E-state index >= 15 is 0 Å². The van der Waals surface area contributed by atoms with Crippen molar-refractivity contribution in [2.45, 2.75) is 6.54 Å². The standard InChI is InChI=1S/C22H23N3O3/c1-24(16-21(26)23-18-10-6-11-19(14-18)28-2)22(27)20-12-7-13-25(20)15-17-8-4-3-5-9-17/h3-14H,15-16H2,1-2H3,(H,23,26). The summed E-state index contributed by atoms with van der Waals surface area (Å²) in [5.74, 6) is 0.174. The Labute approximate surface area is 164 Å². The molecule has 2 aromatic carbocycles. The highest BCUT2D eigenvalue weighted by Gasteiger charge is 2.18. The summed E-state index contributed by atoms with van der Waals surface area (Å²) in [5, 5.41) is 2.78. The van der Waals surface area contributed by atoms with Crippen LogP contribution in [0.3, 0.4) is 0 Å². The molecule has 6 nitrogen and oxygen atoms in total. The van der Waals surface area contributed by atoms with Crippen LogP contribution in [0, 0.1) is 0 Å². The Bertz CT molecular complexity index is 950. The Hall–Kier alpha value is -3.54. The number of carbonyl (C=O) groups is 2. The lowest BCUT2D eigenvalue weighted by Gasteiger charge is -2.18. The van der Waals surface area contributed by atoms with Gasteiger partial charge in [-0.15, -0.1) is 0 Å². The molecule has 0 atom stereocenters. The van der Waals surface area contributed by atoms with Crippen LogP contribution in [0.1, 0.15) is 16.1 Å². The second kappa shape index (κ2) is 8.90. The first kappa shape index (κ1) is 19.2. The largest absolute Gasteiger partial charge is 0.497 e. The van der Waals surface area contributed by atoms with Gasteiger partial charge in [0, 0.05) is 31.5 Å². The molecule has 144 valence electrons. The minimum atomic E-state index is -0.273. The third-order valence-electron chi connectivity index (χ3n) is 4.33. The molecular weight excluding hydrogens is 354 g/mol. The Morgan fingerprint density at radius 3 is 2.57 bits per heavy atom. The van der Waals surface area contributed by atoms with Gasteiger partial charge in [-0.3, -0.25) is 9.59 Å². The summed E-state index contributed by atoms with van der Waals surface area (Å²) in [4.78, 5) is 26.5. The number of nitrogens with zero attached hydrogens (tertiary/aromatic N) is 2. The van der Waals surface area contributed by atoms with Crippen LogP contribution in [-0.2, 0) is 11.3 Å². The van der Waals surface area contributed by atoms with Crippen LogP contribution in [0.4, 0.5) is 5.69 Å². The first-order valence-corrected chi connectivity index (χ1v) is 8.95. The lowest BCUT2D eigenvalue weighted by atomic mass is 10.2. The van der Waals surface area contributed by atoms with Crippen molar-refractivity contribution in [3.63, 3.8) is 0 Å². The smallest absolute Gasteiger partial charge is 0.270 e. The molecular formula is C22H23N3O3. The van der Waals surface area contributed by atoms with Crippen LogP contribution in [0.2, 0.25) is 0 Å². The molecule has 3 aromatic rings. The van der Waals surface area contributed by atoms with Crippen molar-refractivity contribution < 1.29 is 14.3 Å². The molecule has 0 saturated carbocycles. The van der Waals surface area contributed by atoms with Gasteiger partial charge >= 0.3 is 0 Å². The van der Waals surface area contributed by atoms with E-state index in [9.17, 15) is 9.59 Å². The van der Waals surface area contributed by atoms with E-state index in [2.05, 4.69) is 5.32 Å². The van der Waals surface area contributed by atoms with Crippen LogP contribution in [0.5, 0.6) is 5.75 Å². The monoisotopic (exact) mass is 377 g/mol. The van der Waals surface area contributed by atoms with E-state index in [1.165, 1.54) is 4.90 Å². The Morgan fingerprint density at radius 1 is 1.04 bits per heavy atom. The quantitative estimate of drug-likeness (QED) is 0.687. The van der Waals surface area contributed by atoms with Crippen molar-refractivity contribution >= 4 is 17.5 Å². The molecule has 0 fully saturated rings. The predicted octanol–water partition coefficient (Wildman–Crippen LogP) is 3.26. The maximum absolute atomic E-state index is 12.8. The molecule has 28 heavy (non-hydrogen) atoms. The first-order valence-electron chi connectivity index (χ1n) is 8.95. The van der Waals surface area contributed by atoms with E-state index in [4.69, 9.17) is 4.74 Å². The topological polar surface area (TPSA) is 63.6 Å². The number of amides is 2. The molecule has 0 bridgehead atoms. The maximum atomic E-state index is 12.8. The highest BCUT2D eigenvalue weighted by Crippen LogP contribution is 2.16. The van der Waals surface area contributed by atoms with Crippen molar-refractivity contribution in [3.05, 3.63) is 84.2 Å². The minimum Gasteiger partial charge on any atom is -0.497 e. The zero-order valence-corrected chi connectivity index (χ0v) is 16.0. The van der Waals surface area contributed by atoms with Crippen molar-refractivity contribution in [2.75, 3.05) is 26.0 Å². The number of nitrogens with one attached hydrogen (secondary N) is 1. The molecule has 6 heteroatoms. The number of rotatable bonds is 7. The van der Waals surface area contributed by atoms with Crippen LogP contribution in [0.15, 0.2) is 72.9 Å². The van der Waals surface area contributed by atoms with Crippen LogP contribution < -0.4 is 10.1 Å². The summed E-state index contributed by atoms with van der Waals surface area (Å²) in [7, 11) is 3.19. The van der Waals surface area contributed by atoms with Crippen molar-refractivity contribution in [2.24, 2.45) is 0 Å². The lowest BCUT2D eigenvalue weighted by Crippen LogP contribution is -2.36. The number of ether oxygens (including phenoxy) is 1. The number of benzene rings is 2. The molecule has 2 amide bonds. The van der Waals surface area contributed by atoms with E-state index in [1.54, 1.807) is 44.5 Å². The molecule has 0 radical (unpaired) electrons. The van der Waals surface area contributed by atoms with Crippen LogP contribution in [0.25, 0.3) is 0 Å². The number of likely N-dealkylation sites (N-methyl/N-ethyl adjacent to an activating group) is 1. The molecule has 0 unspecified atom stereocenters. The van der Waals surface area contributed by atoms with Gasteiger partial charge in [-0.25, -0.2) is 0 Å². The average molecular weight is 377 g/mol. The number of hydrogen-bond donors (Lipinski definition) is 1. The predicted molar refractivity (Wildman–Crippen MR) is 109 cm³/mol. The molecule has 3 rings (SSSR count). The number of anilines is 1. The SMILES string of the molecule is COc1cccc(NC(=O)CN(C)C(=O)c2cccn2Cc2ccccc2)c1. The second-order valence-electron chi connectivity index (χ2n) is 6.45. The minimum absolute atomic E-state index is 0.0490. The molecule has 0 aliphatic rings. The number of aromatic nitrogens is 1. The van der Waals surface area contributed by atoms with Crippen molar-refractivity contribution in [1.29, 1.82) is 0 Å². The first-order chi connectivity index (χ1) is 13.6. The van der Waals surface area contributed by atoms with Gasteiger partial charge < -0.3 is 19.5 Å². The van der Waals surface area contributed by atoms with E-state index in [0.717, 1.165) is 5.56 Å². The van der Waals surface area contributed by atoms with Gasteiger partial charge in [0.15, 0.2) is 0 Å². The molecule has 0 spiro atoms. The maximum Gasteiger partial charge on any atom is 0.270 e. The van der Waals surface area contributed by atoms with Gasteiger partial charge in [-0.05, 0) is 29.8 Å². The second-order valence-corrected chi connectivity index (χ2v) is 6.45. The molecule has 1 N–H and O–H groups in total. The Balaban J connectivity index is 1.63. The van der Waals surface area contributed by atoms with Gasteiger partial charge in [-0.1, -0.05) is 36.4 Å². The highest BCUT2D eigenvalue weighted by molar-refractivity contribution is 5.98. The summed E-state index contributed by atoms with van der Waals surface area (Å²) < 4.78 is 7.03. The zero-order chi connectivity index (χ0) is 19.9. The third kappa shape index (κ3) is 4.79. The van der Waals surface area contributed by atoms with Crippen molar-refractivity contribution in [3.8, 4) is 5.75 Å². The Kier molecular flexibility index (Phi) is 6.11. The summed E-state index contributed by atoms with van der Waals surface area (Å²) in [6.07, 6.45) is 1.87. The van der Waals surface area contributed by atoms with Crippen molar-refractivity contribution in [1.82, 2.24) is 9.47 Å². The average Bonchev–Trinajstić information content (AvgIpc) is 3.16. The molecule has 0 saturated heterocycles. The zero-order valence-electron chi connectivity index (χ0n) is 16.0. The van der Waals surface area contributed by atoms with E-state index in [-0.39, 0.29) is 18.4 Å². The summed E-state index contributed by atoms with van der Waals surface area (Å²) in [5.41, 5.74) is 2.27. The van der Waals surface area contributed by atoms with Gasteiger partial charge in [0.1, 0.15) is 11.4 Å². The normalized spacial score (nSPS) is 10.4. The molecule has 0 aliphatic heterocycles. The number of hydrogen-bond acceptors (Lipinski definition) is 3. The van der Waals surface area contributed by atoms with Gasteiger partial charge in [0.2, 0.25) is 5.91 Å². The molecule has 1 heterocycles. The fourth-order valence-corrected chi connectivity index (χ4v) is 2.91. The van der Waals surface area contributed by atoms with Gasteiger partial charge in [0.05, 0.1) is 13.7 Å². The number of methoxy groups -OCH3 is 1. The summed E-state index contributed by atoms with van der Waals surface area (Å²) >= 11 is 0. The fraction of sp³-hybridized carbons (Fsp3) is 0.182. The lowest BCUT2D eigenvalue weighted by molar-refractivity contribution is -0.116.